The van der Waals surface area contributed by atoms with Crippen LogP contribution in [-0.4, -0.2) is 55.6 Å². The van der Waals surface area contributed by atoms with E-state index in [2.05, 4.69) is 0 Å². The molecule has 0 radical (unpaired) electrons. The molecule has 0 saturated carbocycles. The molecule has 21 heavy (non-hydrogen) atoms. The Balaban J connectivity index is 2.17. The lowest BCUT2D eigenvalue weighted by molar-refractivity contribution is -0.142. The molecule has 1 aliphatic heterocycles. The predicted octanol–water partition coefficient (Wildman–Crippen LogP) is 1.03. The lowest BCUT2D eigenvalue weighted by atomic mass is 10.1. The second-order valence-electron chi connectivity index (χ2n) is 4.91. The van der Waals surface area contributed by atoms with Crippen LogP contribution in [0.25, 0.3) is 0 Å². The summed E-state index contributed by atoms with van der Waals surface area (Å²) in [4.78, 5) is 12.9. The molecule has 1 heterocycles. The van der Waals surface area contributed by atoms with E-state index >= 15 is 0 Å². The average Bonchev–Trinajstić information content (AvgIpc) is 2.40. The van der Waals surface area contributed by atoms with Crippen LogP contribution in [0.4, 0.5) is 0 Å². The lowest BCUT2D eigenvalue weighted by Gasteiger charge is -2.32. The Morgan fingerprint density at radius 2 is 2.24 bits per heavy atom. The zero-order chi connectivity index (χ0) is 15.6. The van der Waals surface area contributed by atoms with Gasteiger partial charge >= 0.3 is 5.97 Å². The minimum absolute atomic E-state index is 0.0271. The summed E-state index contributed by atoms with van der Waals surface area (Å²) in [6.45, 7) is 0.527. The molecule has 8 heteroatoms. The number of benzene rings is 1. The summed E-state index contributed by atoms with van der Waals surface area (Å²) in [5, 5.41) is 9.64. The van der Waals surface area contributed by atoms with E-state index in [1.54, 1.807) is 23.1 Å². The van der Waals surface area contributed by atoms with Gasteiger partial charge in [0, 0.05) is 13.1 Å². The number of carbonyl (C=O) groups is 1. The van der Waals surface area contributed by atoms with Crippen molar-refractivity contribution in [1.82, 2.24) is 4.90 Å². The van der Waals surface area contributed by atoms with E-state index in [1.807, 2.05) is 0 Å². The first-order chi connectivity index (χ1) is 9.82. The number of carboxylic acid groups (broad SMARTS) is 1. The van der Waals surface area contributed by atoms with Gasteiger partial charge in [0.15, 0.2) is 9.84 Å². The van der Waals surface area contributed by atoms with Crippen LogP contribution in [0.1, 0.15) is 5.56 Å². The fourth-order valence-electron chi connectivity index (χ4n) is 2.30. The number of methoxy groups -OCH3 is 1. The number of nitrogens with zero attached hydrogens (tertiary/aromatic N) is 1. The Morgan fingerprint density at radius 1 is 1.52 bits per heavy atom. The second-order valence-corrected chi connectivity index (χ2v) is 7.54. The van der Waals surface area contributed by atoms with Crippen molar-refractivity contribution in [2.45, 2.75) is 12.6 Å². The number of hydrogen-bond donors (Lipinski definition) is 1. The summed E-state index contributed by atoms with van der Waals surface area (Å²) in [7, 11) is -1.78. The van der Waals surface area contributed by atoms with Crippen LogP contribution < -0.4 is 4.74 Å². The van der Waals surface area contributed by atoms with Crippen LogP contribution in [0.3, 0.4) is 0 Å². The van der Waals surface area contributed by atoms with Crippen LogP contribution in [0.5, 0.6) is 5.75 Å². The van der Waals surface area contributed by atoms with Gasteiger partial charge in [0.25, 0.3) is 0 Å². The first-order valence-electron chi connectivity index (χ1n) is 6.32. The molecule has 1 fully saturated rings. The monoisotopic (exact) mass is 333 g/mol. The number of aliphatic carboxylic acids is 1. The van der Waals surface area contributed by atoms with Gasteiger partial charge in [0.05, 0.1) is 23.6 Å². The van der Waals surface area contributed by atoms with Crippen molar-refractivity contribution < 1.29 is 23.1 Å². The van der Waals surface area contributed by atoms with Crippen molar-refractivity contribution in [2.24, 2.45) is 0 Å². The van der Waals surface area contributed by atoms with Gasteiger partial charge in [0.2, 0.25) is 0 Å². The van der Waals surface area contributed by atoms with Gasteiger partial charge in [-0.15, -0.1) is 0 Å². The fraction of sp³-hybridized carbons (Fsp3) is 0.462. The minimum atomic E-state index is -3.29. The highest BCUT2D eigenvalue weighted by Crippen LogP contribution is 2.26. The topological polar surface area (TPSA) is 83.9 Å². The highest BCUT2D eigenvalue weighted by molar-refractivity contribution is 7.91. The second kappa shape index (κ2) is 6.21. The maximum atomic E-state index is 11.6. The van der Waals surface area contributed by atoms with Crippen LogP contribution >= 0.6 is 11.6 Å². The molecule has 0 amide bonds. The summed E-state index contributed by atoms with van der Waals surface area (Å²) in [5.74, 6) is -0.971. The minimum Gasteiger partial charge on any atom is -0.495 e. The first-order valence-corrected chi connectivity index (χ1v) is 8.52. The van der Waals surface area contributed by atoms with E-state index < -0.39 is 21.8 Å². The van der Waals surface area contributed by atoms with E-state index in [0.29, 0.717) is 17.3 Å². The normalized spacial score (nSPS) is 21.9. The molecule has 0 aromatic heterocycles. The maximum Gasteiger partial charge on any atom is 0.321 e. The Bertz CT molecular complexity index is 646. The molecule has 1 unspecified atom stereocenters. The van der Waals surface area contributed by atoms with Crippen molar-refractivity contribution in [3.05, 3.63) is 28.8 Å². The largest absolute Gasteiger partial charge is 0.495 e. The third kappa shape index (κ3) is 3.87. The Kier molecular flexibility index (Phi) is 4.75. The first kappa shape index (κ1) is 16.1. The molecule has 2 rings (SSSR count). The number of halogens is 1. The summed E-state index contributed by atoms with van der Waals surface area (Å²) in [6, 6.07) is 4.16. The highest BCUT2D eigenvalue weighted by atomic mass is 35.5. The van der Waals surface area contributed by atoms with Gasteiger partial charge in [-0.1, -0.05) is 17.7 Å². The number of sulfone groups is 1. The molecular weight excluding hydrogens is 318 g/mol. The zero-order valence-corrected chi connectivity index (χ0v) is 13.0. The van der Waals surface area contributed by atoms with Gasteiger partial charge < -0.3 is 9.84 Å². The Hall–Kier alpha value is -1.31. The molecule has 1 saturated heterocycles. The van der Waals surface area contributed by atoms with Crippen molar-refractivity contribution >= 4 is 27.4 Å². The van der Waals surface area contributed by atoms with Crippen LogP contribution in [0.2, 0.25) is 5.02 Å². The van der Waals surface area contributed by atoms with Crippen molar-refractivity contribution in [3.8, 4) is 5.75 Å². The smallest absolute Gasteiger partial charge is 0.321 e. The molecule has 1 aliphatic rings. The van der Waals surface area contributed by atoms with Crippen molar-refractivity contribution in [2.75, 3.05) is 25.2 Å². The fourth-order valence-corrected chi connectivity index (χ4v) is 4.10. The van der Waals surface area contributed by atoms with Gasteiger partial charge in [-0.05, 0) is 17.7 Å². The van der Waals surface area contributed by atoms with E-state index in [9.17, 15) is 18.3 Å². The predicted molar refractivity (Wildman–Crippen MR) is 78.5 cm³/mol. The Morgan fingerprint density at radius 3 is 2.81 bits per heavy atom. The number of hydrogen-bond acceptors (Lipinski definition) is 5. The number of ether oxygens (including phenoxy) is 1. The average molecular weight is 334 g/mol. The summed E-state index contributed by atoms with van der Waals surface area (Å²) >= 11 is 6.04. The molecule has 1 N–H and O–H groups in total. The van der Waals surface area contributed by atoms with Gasteiger partial charge in [-0.2, -0.15) is 0 Å². The van der Waals surface area contributed by atoms with Crippen molar-refractivity contribution in [1.29, 1.82) is 0 Å². The zero-order valence-electron chi connectivity index (χ0n) is 11.5. The molecule has 1 aromatic rings. The van der Waals surface area contributed by atoms with Gasteiger partial charge in [-0.3, -0.25) is 9.69 Å². The van der Waals surface area contributed by atoms with E-state index in [1.165, 1.54) is 7.11 Å². The molecule has 0 aliphatic carbocycles. The van der Waals surface area contributed by atoms with Gasteiger partial charge in [0.1, 0.15) is 11.8 Å². The van der Waals surface area contributed by atoms with Crippen LogP contribution in [0.15, 0.2) is 18.2 Å². The van der Waals surface area contributed by atoms with E-state index in [-0.39, 0.29) is 18.1 Å². The molecule has 0 spiro atoms. The molecule has 0 bridgehead atoms. The quantitative estimate of drug-likeness (QED) is 0.886. The molecule has 1 atom stereocenters. The third-order valence-electron chi connectivity index (χ3n) is 3.43. The van der Waals surface area contributed by atoms with Crippen LogP contribution in [0, 0.1) is 0 Å². The standard InChI is InChI=1S/C13H16ClNO5S/c1-20-12-3-2-9(6-10(12)14)7-15-4-5-21(18,19)8-11(15)13(16)17/h2-3,6,11H,4-5,7-8H2,1H3,(H,16,17). The van der Waals surface area contributed by atoms with E-state index in [4.69, 9.17) is 16.3 Å². The maximum absolute atomic E-state index is 11.6. The molecular formula is C13H16ClNO5S. The summed E-state index contributed by atoms with van der Waals surface area (Å²) in [6.07, 6.45) is 0. The molecule has 1 aromatic carbocycles. The lowest BCUT2D eigenvalue weighted by Crippen LogP contribution is -2.51. The summed E-state index contributed by atoms with van der Waals surface area (Å²) < 4.78 is 28.2. The van der Waals surface area contributed by atoms with Crippen molar-refractivity contribution in [3.63, 3.8) is 0 Å². The summed E-state index contributed by atoms with van der Waals surface area (Å²) in [5.41, 5.74) is 0.811. The van der Waals surface area contributed by atoms with Crippen LogP contribution in [-0.2, 0) is 21.2 Å². The molecule has 6 nitrogen and oxygen atoms in total. The number of carboxylic acids is 1. The SMILES string of the molecule is COc1ccc(CN2CCS(=O)(=O)CC2C(=O)O)cc1Cl. The molecule has 116 valence electrons. The van der Waals surface area contributed by atoms with E-state index in [0.717, 1.165) is 5.56 Å². The Labute approximate surface area is 128 Å². The number of rotatable bonds is 4. The highest BCUT2D eigenvalue weighted by Gasteiger charge is 2.35. The third-order valence-corrected chi connectivity index (χ3v) is 5.35. The van der Waals surface area contributed by atoms with Gasteiger partial charge in [-0.25, -0.2) is 8.42 Å².